The average Bonchev–Trinajstić information content (AvgIpc) is 2.27. The maximum Gasteiger partial charge on any atom is 0.113 e. The van der Waals surface area contributed by atoms with E-state index >= 15 is 0 Å². The van der Waals surface area contributed by atoms with Gasteiger partial charge in [0.15, 0.2) is 0 Å². The van der Waals surface area contributed by atoms with Crippen LogP contribution in [-0.4, -0.2) is 31.5 Å². The monoisotopic (exact) mass is 265 g/mol. The Kier molecular flexibility index (Phi) is 4.58. The highest BCUT2D eigenvalue weighted by Gasteiger charge is 2.29. The van der Waals surface area contributed by atoms with E-state index < -0.39 is 5.67 Å². The molecular weight excluding hydrogens is 241 g/mol. The number of nitrogens with one attached hydrogen (secondary N) is 1. The summed E-state index contributed by atoms with van der Waals surface area (Å²) in [6, 6.07) is 6.41. The number of rotatable bonds is 4. The molecule has 1 aromatic rings. The summed E-state index contributed by atoms with van der Waals surface area (Å²) in [4.78, 5) is 0. The van der Waals surface area contributed by atoms with Crippen molar-refractivity contribution in [3.63, 3.8) is 0 Å². The molecule has 0 aromatic heterocycles. The summed E-state index contributed by atoms with van der Waals surface area (Å²) in [5.74, 6) is 0. The first-order valence-electron chi connectivity index (χ1n) is 7.02. The van der Waals surface area contributed by atoms with E-state index in [0.29, 0.717) is 19.4 Å². The van der Waals surface area contributed by atoms with Crippen LogP contribution in [0.5, 0.6) is 0 Å². The molecule has 19 heavy (non-hydrogen) atoms. The summed E-state index contributed by atoms with van der Waals surface area (Å²) in [5, 5.41) is 3.32. The van der Waals surface area contributed by atoms with Gasteiger partial charge in [-0.3, -0.25) is 0 Å². The standard InChI is InChI=1S/C16H24FNO/c1-12-6-13(2)8-14(7-12)9-16(3,17)10-15-11-19-5-4-18-15/h6-8,15,18H,4-5,9-11H2,1-3H3. The number of hydrogen-bond acceptors (Lipinski definition) is 2. The average molecular weight is 265 g/mol. The van der Waals surface area contributed by atoms with Crippen molar-refractivity contribution in [2.75, 3.05) is 19.8 Å². The predicted octanol–water partition coefficient (Wildman–Crippen LogP) is 2.95. The van der Waals surface area contributed by atoms with E-state index in [1.54, 1.807) is 6.92 Å². The Morgan fingerprint density at radius 2 is 2.00 bits per heavy atom. The molecule has 0 bridgehead atoms. The second-order valence-electron chi connectivity index (χ2n) is 6.02. The van der Waals surface area contributed by atoms with E-state index in [4.69, 9.17) is 4.74 Å². The van der Waals surface area contributed by atoms with Crippen molar-refractivity contribution in [3.8, 4) is 0 Å². The molecule has 0 spiro atoms. The highest BCUT2D eigenvalue weighted by atomic mass is 19.1. The Bertz CT molecular complexity index is 405. The first-order chi connectivity index (χ1) is 8.94. The van der Waals surface area contributed by atoms with Crippen LogP contribution >= 0.6 is 0 Å². The number of ether oxygens (including phenoxy) is 1. The number of halogens is 1. The summed E-state index contributed by atoms with van der Waals surface area (Å²) in [7, 11) is 0. The number of hydrogen-bond donors (Lipinski definition) is 1. The van der Waals surface area contributed by atoms with Gasteiger partial charge in [-0.2, -0.15) is 0 Å². The summed E-state index contributed by atoms with van der Waals surface area (Å²) in [6.07, 6.45) is 0.966. The second kappa shape index (κ2) is 6.02. The normalized spacial score (nSPS) is 23.1. The van der Waals surface area contributed by atoms with Crippen LogP contribution in [0.15, 0.2) is 18.2 Å². The van der Waals surface area contributed by atoms with Gasteiger partial charge in [-0.25, -0.2) is 4.39 Å². The van der Waals surface area contributed by atoms with Crippen molar-refractivity contribution in [2.24, 2.45) is 0 Å². The number of benzene rings is 1. The molecule has 1 heterocycles. The Hall–Kier alpha value is -0.930. The summed E-state index contributed by atoms with van der Waals surface area (Å²) >= 11 is 0. The Labute approximate surface area is 115 Å². The molecule has 1 aliphatic rings. The molecule has 0 aliphatic carbocycles. The molecule has 1 saturated heterocycles. The van der Waals surface area contributed by atoms with E-state index in [1.807, 2.05) is 0 Å². The quantitative estimate of drug-likeness (QED) is 0.903. The van der Waals surface area contributed by atoms with Crippen LogP contribution in [0, 0.1) is 13.8 Å². The molecular formula is C16H24FNO. The van der Waals surface area contributed by atoms with Gasteiger partial charge in [0.05, 0.1) is 13.2 Å². The fourth-order valence-corrected chi connectivity index (χ4v) is 2.93. The first-order valence-corrected chi connectivity index (χ1v) is 7.02. The minimum atomic E-state index is -1.20. The molecule has 106 valence electrons. The lowest BCUT2D eigenvalue weighted by atomic mass is 9.90. The van der Waals surface area contributed by atoms with Crippen LogP contribution in [0.4, 0.5) is 4.39 Å². The van der Waals surface area contributed by atoms with Crippen LogP contribution in [0.2, 0.25) is 0 Å². The van der Waals surface area contributed by atoms with Crippen molar-refractivity contribution in [3.05, 3.63) is 34.9 Å². The van der Waals surface area contributed by atoms with Crippen molar-refractivity contribution in [1.29, 1.82) is 0 Å². The fourth-order valence-electron chi connectivity index (χ4n) is 2.93. The topological polar surface area (TPSA) is 21.3 Å². The van der Waals surface area contributed by atoms with Crippen molar-refractivity contribution in [2.45, 2.75) is 45.3 Å². The molecule has 1 aliphatic heterocycles. The van der Waals surface area contributed by atoms with E-state index in [2.05, 4.69) is 37.4 Å². The van der Waals surface area contributed by atoms with Gasteiger partial charge < -0.3 is 10.1 Å². The lowest BCUT2D eigenvalue weighted by Gasteiger charge is -2.30. The molecule has 2 atom stereocenters. The first kappa shape index (κ1) is 14.5. The van der Waals surface area contributed by atoms with Gasteiger partial charge in [0.2, 0.25) is 0 Å². The van der Waals surface area contributed by atoms with E-state index in [1.165, 1.54) is 11.1 Å². The molecule has 2 unspecified atom stereocenters. The summed E-state index contributed by atoms with van der Waals surface area (Å²) in [5.41, 5.74) is 2.28. The maximum atomic E-state index is 14.7. The van der Waals surface area contributed by atoms with Crippen LogP contribution in [0.1, 0.15) is 30.0 Å². The van der Waals surface area contributed by atoms with E-state index in [9.17, 15) is 4.39 Å². The Morgan fingerprint density at radius 3 is 2.58 bits per heavy atom. The molecule has 2 nitrogen and oxygen atoms in total. The lowest BCUT2D eigenvalue weighted by molar-refractivity contribution is 0.0483. The smallest absolute Gasteiger partial charge is 0.113 e. The zero-order chi connectivity index (χ0) is 13.9. The summed E-state index contributed by atoms with van der Waals surface area (Å²) in [6.45, 7) is 7.99. The molecule has 0 saturated carbocycles. The number of alkyl halides is 1. The Balaban J connectivity index is 1.98. The highest BCUT2D eigenvalue weighted by molar-refractivity contribution is 5.29. The molecule has 2 rings (SSSR count). The van der Waals surface area contributed by atoms with E-state index in [0.717, 1.165) is 18.7 Å². The lowest BCUT2D eigenvalue weighted by Crippen LogP contribution is -2.45. The zero-order valence-electron chi connectivity index (χ0n) is 12.1. The third-order valence-corrected chi connectivity index (χ3v) is 3.52. The van der Waals surface area contributed by atoms with Crippen LogP contribution in [0.3, 0.4) is 0 Å². The molecule has 0 amide bonds. The molecule has 1 aromatic carbocycles. The van der Waals surface area contributed by atoms with Gasteiger partial charge in [-0.05, 0) is 32.8 Å². The van der Waals surface area contributed by atoms with Gasteiger partial charge >= 0.3 is 0 Å². The minimum absolute atomic E-state index is 0.134. The second-order valence-corrected chi connectivity index (χ2v) is 6.02. The fraction of sp³-hybridized carbons (Fsp3) is 0.625. The van der Waals surface area contributed by atoms with Crippen molar-refractivity contribution < 1.29 is 9.13 Å². The predicted molar refractivity (Wildman–Crippen MR) is 76.4 cm³/mol. The minimum Gasteiger partial charge on any atom is -0.379 e. The highest BCUT2D eigenvalue weighted by Crippen LogP contribution is 2.25. The molecule has 0 radical (unpaired) electrons. The number of morpholine rings is 1. The third kappa shape index (κ3) is 4.59. The van der Waals surface area contributed by atoms with Crippen molar-refractivity contribution in [1.82, 2.24) is 5.32 Å². The Morgan fingerprint density at radius 1 is 1.32 bits per heavy atom. The third-order valence-electron chi connectivity index (χ3n) is 3.52. The largest absolute Gasteiger partial charge is 0.379 e. The number of aryl methyl sites for hydroxylation is 2. The van der Waals surface area contributed by atoms with E-state index in [-0.39, 0.29) is 6.04 Å². The van der Waals surface area contributed by atoms with Gasteiger partial charge in [-0.15, -0.1) is 0 Å². The molecule has 3 heteroatoms. The van der Waals surface area contributed by atoms with Crippen molar-refractivity contribution >= 4 is 0 Å². The zero-order valence-corrected chi connectivity index (χ0v) is 12.1. The van der Waals surface area contributed by atoms with Gasteiger partial charge in [-0.1, -0.05) is 29.3 Å². The van der Waals surface area contributed by atoms with Gasteiger partial charge in [0.25, 0.3) is 0 Å². The SMILES string of the molecule is Cc1cc(C)cc(CC(C)(F)CC2COCCN2)c1. The van der Waals surface area contributed by atoms with Crippen LogP contribution < -0.4 is 5.32 Å². The molecule has 1 N–H and O–H groups in total. The van der Waals surface area contributed by atoms with Gasteiger partial charge in [0, 0.05) is 19.0 Å². The van der Waals surface area contributed by atoms with Crippen LogP contribution in [0.25, 0.3) is 0 Å². The summed E-state index contributed by atoms with van der Waals surface area (Å²) < 4.78 is 20.1. The van der Waals surface area contributed by atoms with Gasteiger partial charge in [0.1, 0.15) is 5.67 Å². The maximum absolute atomic E-state index is 14.7. The molecule has 1 fully saturated rings. The van der Waals surface area contributed by atoms with Crippen LogP contribution in [-0.2, 0) is 11.2 Å².